The molecule has 2 rings (SSSR count). The number of hydrogen-bond acceptors (Lipinski definition) is 2. The number of amides is 1. The monoisotopic (exact) mass is 332 g/mol. The minimum atomic E-state index is -0.546. The van der Waals surface area contributed by atoms with Crippen LogP contribution in [0.5, 0.6) is 0 Å². The van der Waals surface area contributed by atoms with Gasteiger partial charge in [-0.3, -0.25) is 4.79 Å². The molecular weight excluding hydrogens is 316 g/mol. The third-order valence-electron chi connectivity index (χ3n) is 3.29. The summed E-state index contributed by atoms with van der Waals surface area (Å²) in [6.45, 7) is 3.97. The minimum absolute atomic E-state index is 0.391. The zero-order chi connectivity index (χ0) is 14.7. The second kappa shape index (κ2) is 6.09. The predicted octanol–water partition coefficient (Wildman–Crippen LogP) is 3.70. The van der Waals surface area contributed by atoms with Gasteiger partial charge in [0.2, 0.25) is 5.91 Å². The van der Waals surface area contributed by atoms with Crippen molar-refractivity contribution in [3.63, 3.8) is 0 Å². The number of rotatable bonds is 4. The van der Waals surface area contributed by atoms with E-state index >= 15 is 0 Å². The Kier molecular flexibility index (Phi) is 4.45. The summed E-state index contributed by atoms with van der Waals surface area (Å²) in [6.07, 6.45) is 0. The Morgan fingerprint density at radius 3 is 2.25 bits per heavy atom. The van der Waals surface area contributed by atoms with Crippen molar-refractivity contribution >= 4 is 27.5 Å². The number of aryl methyl sites for hydroxylation is 2. The fraction of sp³-hybridized carbons (Fsp3) is 0.188. The van der Waals surface area contributed by atoms with Crippen molar-refractivity contribution in [2.45, 2.75) is 19.9 Å². The van der Waals surface area contributed by atoms with E-state index in [1.165, 1.54) is 0 Å². The van der Waals surface area contributed by atoms with Crippen molar-refractivity contribution in [2.24, 2.45) is 5.73 Å². The molecule has 2 aromatic rings. The molecule has 1 atom stereocenters. The molecule has 0 heterocycles. The molecule has 0 spiro atoms. The first-order valence-electron chi connectivity index (χ1n) is 6.37. The Morgan fingerprint density at radius 1 is 1.10 bits per heavy atom. The molecule has 1 unspecified atom stereocenters. The first-order valence-corrected chi connectivity index (χ1v) is 7.16. The molecule has 0 bridgehead atoms. The average molecular weight is 333 g/mol. The van der Waals surface area contributed by atoms with Gasteiger partial charge in [-0.1, -0.05) is 30.3 Å². The molecule has 0 fully saturated rings. The molecule has 0 saturated carbocycles. The highest BCUT2D eigenvalue weighted by Crippen LogP contribution is 2.29. The van der Waals surface area contributed by atoms with E-state index in [4.69, 9.17) is 5.73 Å². The molecule has 0 aromatic heterocycles. The first-order chi connectivity index (χ1) is 9.50. The quantitative estimate of drug-likeness (QED) is 0.896. The Labute approximate surface area is 127 Å². The van der Waals surface area contributed by atoms with Crippen LogP contribution < -0.4 is 11.1 Å². The van der Waals surface area contributed by atoms with Crippen molar-refractivity contribution in [3.8, 4) is 0 Å². The number of benzene rings is 2. The zero-order valence-corrected chi connectivity index (χ0v) is 13.1. The summed E-state index contributed by atoms with van der Waals surface area (Å²) >= 11 is 3.47. The largest absolute Gasteiger partial charge is 0.369 e. The zero-order valence-electron chi connectivity index (χ0n) is 11.5. The van der Waals surface area contributed by atoms with Crippen LogP contribution in [0.4, 0.5) is 5.69 Å². The van der Waals surface area contributed by atoms with Gasteiger partial charge in [-0.25, -0.2) is 0 Å². The van der Waals surface area contributed by atoms with Gasteiger partial charge in [0.05, 0.1) is 0 Å². The van der Waals surface area contributed by atoms with Gasteiger partial charge in [0.1, 0.15) is 6.04 Å². The van der Waals surface area contributed by atoms with Crippen molar-refractivity contribution in [1.82, 2.24) is 0 Å². The highest BCUT2D eigenvalue weighted by molar-refractivity contribution is 9.10. The summed E-state index contributed by atoms with van der Waals surface area (Å²) in [6, 6.07) is 13.1. The minimum Gasteiger partial charge on any atom is -0.369 e. The molecule has 20 heavy (non-hydrogen) atoms. The lowest BCUT2D eigenvalue weighted by Gasteiger charge is -2.21. The van der Waals surface area contributed by atoms with Crippen LogP contribution in [0.15, 0.2) is 46.9 Å². The summed E-state index contributed by atoms with van der Waals surface area (Å²) in [5, 5.41) is 3.22. The van der Waals surface area contributed by atoms with E-state index in [9.17, 15) is 4.79 Å². The van der Waals surface area contributed by atoms with Gasteiger partial charge in [0.25, 0.3) is 0 Å². The molecule has 0 radical (unpaired) electrons. The summed E-state index contributed by atoms with van der Waals surface area (Å²) < 4.78 is 0.900. The van der Waals surface area contributed by atoms with Crippen LogP contribution in [-0.4, -0.2) is 5.91 Å². The Morgan fingerprint density at radius 2 is 1.70 bits per heavy atom. The lowest BCUT2D eigenvalue weighted by atomic mass is 9.95. The van der Waals surface area contributed by atoms with Crippen molar-refractivity contribution in [2.75, 3.05) is 5.32 Å². The molecule has 0 saturated heterocycles. The second-order valence-electron chi connectivity index (χ2n) is 4.77. The normalized spacial score (nSPS) is 11.9. The molecular formula is C16H17BrN2O. The van der Waals surface area contributed by atoms with E-state index in [0.717, 1.165) is 26.9 Å². The number of para-hydroxylation sites is 1. The third kappa shape index (κ3) is 3.02. The number of primary amides is 1. The number of nitrogens with two attached hydrogens (primary N) is 1. The molecule has 4 heteroatoms. The summed E-state index contributed by atoms with van der Waals surface area (Å²) in [4.78, 5) is 11.9. The number of anilines is 1. The van der Waals surface area contributed by atoms with Gasteiger partial charge >= 0.3 is 0 Å². The molecule has 3 N–H and O–H groups in total. The standard InChI is InChI=1S/C16H17BrN2O/c1-10-6-5-7-11(2)14(10)15(16(18)20)19-13-9-4-3-8-12(13)17/h3-9,15,19H,1-2H3,(H2,18,20). The van der Waals surface area contributed by atoms with Crippen LogP contribution in [0.1, 0.15) is 22.7 Å². The molecule has 0 aliphatic rings. The predicted molar refractivity (Wildman–Crippen MR) is 85.6 cm³/mol. The Hall–Kier alpha value is -1.81. The topological polar surface area (TPSA) is 55.1 Å². The van der Waals surface area contributed by atoms with Gasteiger partial charge in [0.15, 0.2) is 0 Å². The van der Waals surface area contributed by atoms with Gasteiger partial charge < -0.3 is 11.1 Å². The second-order valence-corrected chi connectivity index (χ2v) is 5.62. The maximum atomic E-state index is 11.9. The van der Waals surface area contributed by atoms with Crippen molar-refractivity contribution in [1.29, 1.82) is 0 Å². The van der Waals surface area contributed by atoms with E-state index in [-0.39, 0.29) is 0 Å². The summed E-state index contributed by atoms with van der Waals surface area (Å²) in [5.74, 6) is -0.391. The summed E-state index contributed by atoms with van der Waals surface area (Å²) in [5.41, 5.74) is 9.47. The van der Waals surface area contributed by atoms with Gasteiger partial charge in [0, 0.05) is 10.2 Å². The number of carbonyl (C=O) groups excluding carboxylic acids is 1. The van der Waals surface area contributed by atoms with Crippen LogP contribution >= 0.6 is 15.9 Å². The smallest absolute Gasteiger partial charge is 0.244 e. The fourth-order valence-corrected chi connectivity index (χ4v) is 2.70. The van der Waals surface area contributed by atoms with Crippen molar-refractivity contribution in [3.05, 3.63) is 63.6 Å². The highest BCUT2D eigenvalue weighted by Gasteiger charge is 2.22. The molecule has 3 nitrogen and oxygen atoms in total. The first kappa shape index (κ1) is 14.6. The van der Waals surface area contributed by atoms with Gasteiger partial charge in [-0.15, -0.1) is 0 Å². The number of nitrogens with one attached hydrogen (secondary N) is 1. The van der Waals surface area contributed by atoms with Crippen LogP contribution in [-0.2, 0) is 4.79 Å². The summed E-state index contributed by atoms with van der Waals surface area (Å²) in [7, 11) is 0. The average Bonchev–Trinajstić information content (AvgIpc) is 2.39. The van der Waals surface area contributed by atoms with Gasteiger partial charge in [-0.2, -0.15) is 0 Å². The third-order valence-corrected chi connectivity index (χ3v) is 3.98. The molecule has 104 valence electrons. The number of carbonyl (C=O) groups is 1. The van der Waals surface area contributed by atoms with Crippen LogP contribution in [0.25, 0.3) is 0 Å². The van der Waals surface area contributed by atoms with Gasteiger partial charge in [-0.05, 0) is 58.6 Å². The maximum absolute atomic E-state index is 11.9. The van der Waals surface area contributed by atoms with Crippen LogP contribution in [0.2, 0.25) is 0 Å². The maximum Gasteiger partial charge on any atom is 0.244 e. The number of hydrogen-bond donors (Lipinski definition) is 2. The number of halogens is 1. The van der Waals surface area contributed by atoms with E-state index in [1.54, 1.807) is 0 Å². The van der Waals surface area contributed by atoms with Crippen LogP contribution in [0.3, 0.4) is 0 Å². The highest BCUT2D eigenvalue weighted by atomic mass is 79.9. The molecule has 0 aliphatic heterocycles. The van der Waals surface area contributed by atoms with E-state index in [0.29, 0.717) is 0 Å². The fourth-order valence-electron chi connectivity index (χ4n) is 2.30. The molecule has 2 aromatic carbocycles. The van der Waals surface area contributed by atoms with E-state index in [1.807, 2.05) is 56.3 Å². The lowest BCUT2D eigenvalue weighted by molar-refractivity contribution is -0.118. The lowest BCUT2D eigenvalue weighted by Crippen LogP contribution is -2.29. The van der Waals surface area contributed by atoms with E-state index in [2.05, 4.69) is 21.2 Å². The van der Waals surface area contributed by atoms with E-state index < -0.39 is 11.9 Å². The molecule has 0 aliphatic carbocycles. The van der Waals surface area contributed by atoms with Crippen LogP contribution in [0, 0.1) is 13.8 Å². The van der Waals surface area contributed by atoms with Crippen molar-refractivity contribution < 1.29 is 4.79 Å². The Bertz CT molecular complexity index is 620. The molecule has 1 amide bonds. The Balaban J connectivity index is 2.43. The SMILES string of the molecule is Cc1cccc(C)c1C(Nc1ccccc1Br)C(N)=O.